The van der Waals surface area contributed by atoms with Crippen molar-refractivity contribution >= 4 is 17.5 Å². The number of benzene rings is 1. The fourth-order valence-electron chi connectivity index (χ4n) is 2.89. The minimum Gasteiger partial charge on any atom is -0.435 e. The zero-order chi connectivity index (χ0) is 19.1. The van der Waals surface area contributed by atoms with Gasteiger partial charge in [0.05, 0.1) is 6.54 Å². The summed E-state index contributed by atoms with van der Waals surface area (Å²) < 4.78 is 28.8. The molecule has 0 radical (unpaired) electrons. The predicted molar refractivity (Wildman–Crippen MR) is 94.3 cm³/mol. The average Bonchev–Trinajstić information content (AvgIpc) is 2.61. The molecule has 1 aliphatic rings. The van der Waals surface area contributed by atoms with Gasteiger partial charge in [-0.3, -0.25) is 9.59 Å². The molecule has 1 aromatic carbocycles. The molecule has 1 saturated heterocycles. The quantitative estimate of drug-likeness (QED) is 0.749. The maximum atomic E-state index is 12.2. The number of nitrogens with zero attached hydrogens (tertiary/aromatic N) is 2. The summed E-state index contributed by atoms with van der Waals surface area (Å²) in [5, 5.41) is 2.93. The number of nitrogens with one attached hydrogen (secondary N) is 1. The minimum absolute atomic E-state index is 0.0268. The van der Waals surface area contributed by atoms with Crippen molar-refractivity contribution in [1.82, 2.24) is 10.2 Å². The number of halogens is 2. The van der Waals surface area contributed by atoms with Crippen molar-refractivity contribution in [2.75, 3.05) is 31.6 Å². The summed E-state index contributed by atoms with van der Waals surface area (Å²) in [5.74, 6) is -0.424. The number of ether oxygens (including phenoxy) is 1. The van der Waals surface area contributed by atoms with Gasteiger partial charge in [0.1, 0.15) is 5.75 Å². The third kappa shape index (κ3) is 5.72. The Morgan fingerprint density at radius 1 is 1.42 bits per heavy atom. The summed E-state index contributed by atoms with van der Waals surface area (Å²) in [6, 6.07) is 6.40. The van der Waals surface area contributed by atoms with Gasteiger partial charge in [0, 0.05) is 31.9 Å². The van der Waals surface area contributed by atoms with Crippen LogP contribution in [0.2, 0.25) is 0 Å². The van der Waals surface area contributed by atoms with Crippen LogP contribution in [0.5, 0.6) is 5.75 Å². The molecule has 0 aliphatic carbocycles. The van der Waals surface area contributed by atoms with Gasteiger partial charge in [-0.05, 0) is 43.2 Å². The SMILES string of the molecule is C=CC(=O)N(C)CC(=O)NC1CCCN(c2ccc(OC(F)F)cc2)C1. The Hall–Kier alpha value is -2.64. The minimum atomic E-state index is -2.85. The molecule has 0 bridgehead atoms. The van der Waals surface area contributed by atoms with Gasteiger partial charge in [0.15, 0.2) is 0 Å². The number of hydrogen-bond acceptors (Lipinski definition) is 4. The van der Waals surface area contributed by atoms with Crippen molar-refractivity contribution in [2.45, 2.75) is 25.5 Å². The van der Waals surface area contributed by atoms with Gasteiger partial charge < -0.3 is 19.9 Å². The molecule has 0 saturated carbocycles. The van der Waals surface area contributed by atoms with Gasteiger partial charge >= 0.3 is 6.61 Å². The monoisotopic (exact) mass is 367 g/mol. The first-order chi connectivity index (χ1) is 12.4. The highest BCUT2D eigenvalue weighted by Gasteiger charge is 2.22. The van der Waals surface area contributed by atoms with E-state index in [2.05, 4.69) is 21.5 Å². The molecule has 2 amide bonds. The summed E-state index contributed by atoms with van der Waals surface area (Å²) in [7, 11) is 1.54. The van der Waals surface area contributed by atoms with E-state index < -0.39 is 6.61 Å². The lowest BCUT2D eigenvalue weighted by molar-refractivity contribution is -0.131. The second-order valence-corrected chi connectivity index (χ2v) is 6.12. The van der Waals surface area contributed by atoms with E-state index in [1.54, 1.807) is 19.2 Å². The van der Waals surface area contributed by atoms with Crippen LogP contribution < -0.4 is 15.0 Å². The predicted octanol–water partition coefficient (Wildman–Crippen LogP) is 2.02. The summed E-state index contributed by atoms with van der Waals surface area (Å²) in [4.78, 5) is 26.9. The second-order valence-electron chi connectivity index (χ2n) is 6.12. The van der Waals surface area contributed by atoms with E-state index in [1.807, 2.05) is 0 Å². The molecule has 1 fully saturated rings. The van der Waals surface area contributed by atoms with Crippen molar-refractivity contribution < 1.29 is 23.1 Å². The van der Waals surface area contributed by atoms with Gasteiger partial charge in [-0.25, -0.2) is 0 Å². The van der Waals surface area contributed by atoms with Crippen LogP contribution in [-0.4, -0.2) is 56.0 Å². The highest BCUT2D eigenvalue weighted by molar-refractivity contribution is 5.90. The topological polar surface area (TPSA) is 61.9 Å². The van der Waals surface area contributed by atoms with Gasteiger partial charge in [-0.1, -0.05) is 6.58 Å². The van der Waals surface area contributed by atoms with E-state index in [4.69, 9.17) is 0 Å². The summed E-state index contributed by atoms with van der Waals surface area (Å²) >= 11 is 0. The smallest absolute Gasteiger partial charge is 0.387 e. The molecule has 1 N–H and O–H groups in total. The number of carbonyl (C=O) groups excluding carboxylic acids is 2. The van der Waals surface area contributed by atoms with Gasteiger partial charge in [-0.15, -0.1) is 0 Å². The van der Waals surface area contributed by atoms with Crippen LogP contribution in [0.4, 0.5) is 14.5 Å². The molecule has 0 aromatic heterocycles. The molecule has 0 spiro atoms. The molecular weight excluding hydrogens is 344 g/mol. The Balaban J connectivity index is 1.89. The molecule has 26 heavy (non-hydrogen) atoms. The number of amides is 2. The molecule has 1 aliphatic heterocycles. The third-order valence-corrected chi connectivity index (χ3v) is 4.15. The van der Waals surface area contributed by atoms with Crippen LogP contribution in [-0.2, 0) is 9.59 Å². The van der Waals surface area contributed by atoms with E-state index in [0.29, 0.717) is 6.54 Å². The Morgan fingerprint density at radius 2 is 2.12 bits per heavy atom. The van der Waals surface area contributed by atoms with Crippen molar-refractivity contribution in [3.63, 3.8) is 0 Å². The molecule has 2 rings (SSSR count). The maximum absolute atomic E-state index is 12.2. The van der Waals surface area contributed by atoms with Crippen LogP contribution in [0, 0.1) is 0 Å². The normalized spacial score (nSPS) is 16.9. The Kier molecular flexibility index (Phi) is 6.94. The fourth-order valence-corrected chi connectivity index (χ4v) is 2.89. The lowest BCUT2D eigenvalue weighted by Crippen LogP contribution is -2.50. The highest BCUT2D eigenvalue weighted by atomic mass is 19.3. The first-order valence-electron chi connectivity index (χ1n) is 8.35. The number of hydrogen-bond donors (Lipinski definition) is 1. The number of likely N-dealkylation sites (N-methyl/N-ethyl adjacent to an activating group) is 1. The van der Waals surface area contributed by atoms with E-state index in [-0.39, 0.29) is 30.2 Å². The van der Waals surface area contributed by atoms with E-state index >= 15 is 0 Å². The first-order valence-corrected chi connectivity index (χ1v) is 8.35. The van der Waals surface area contributed by atoms with Crippen LogP contribution in [0.25, 0.3) is 0 Å². The Labute approximate surface area is 151 Å². The molecule has 1 atom stereocenters. The molecule has 8 heteroatoms. The van der Waals surface area contributed by atoms with Crippen molar-refractivity contribution in [3.8, 4) is 5.75 Å². The zero-order valence-corrected chi connectivity index (χ0v) is 14.7. The molecular formula is C18H23F2N3O3. The highest BCUT2D eigenvalue weighted by Crippen LogP contribution is 2.23. The molecule has 1 heterocycles. The average molecular weight is 367 g/mol. The maximum Gasteiger partial charge on any atom is 0.387 e. The van der Waals surface area contributed by atoms with Crippen LogP contribution in [0.15, 0.2) is 36.9 Å². The van der Waals surface area contributed by atoms with Crippen LogP contribution >= 0.6 is 0 Å². The Bertz CT molecular complexity index is 637. The number of carbonyl (C=O) groups is 2. The summed E-state index contributed by atoms with van der Waals surface area (Å²) in [6.07, 6.45) is 2.90. The van der Waals surface area contributed by atoms with E-state index in [0.717, 1.165) is 31.1 Å². The van der Waals surface area contributed by atoms with Crippen molar-refractivity contribution in [2.24, 2.45) is 0 Å². The molecule has 1 aromatic rings. The number of alkyl halides is 2. The fraction of sp³-hybridized carbons (Fsp3) is 0.444. The largest absolute Gasteiger partial charge is 0.435 e. The second kappa shape index (κ2) is 9.17. The summed E-state index contributed by atoms with van der Waals surface area (Å²) in [5.41, 5.74) is 0.879. The van der Waals surface area contributed by atoms with Crippen molar-refractivity contribution in [3.05, 3.63) is 36.9 Å². The van der Waals surface area contributed by atoms with E-state index in [1.165, 1.54) is 17.0 Å². The van der Waals surface area contributed by atoms with Crippen molar-refractivity contribution in [1.29, 1.82) is 0 Å². The lowest BCUT2D eigenvalue weighted by Gasteiger charge is -2.35. The van der Waals surface area contributed by atoms with Gasteiger partial charge in [0.2, 0.25) is 11.8 Å². The van der Waals surface area contributed by atoms with Crippen LogP contribution in [0.1, 0.15) is 12.8 Å². The van der Waals surface area contributed by atoms with Gasteiger partial charge in [0.25, 0.3) is 0 Å². The number of piperidine rings is 1. The lowest BCUT2D eigenvalue weighted by atomic mass is 10.0. The summed E-state index contributed by atoms with van der Waals surface area (Å²) in [6.45, 7) is 1.94. The Morgan fingerprint density at radius 3 is 2.73 bits per heavy atom. The van der Waals surface area contributed by atoms with Gasteiger partial charge in [-0.2, -0.15) is 8.78 Å². The molecule has 1 unspecified atom stereocenters. The zero-order valence-electron chi connectivity index (χ0n) is 14.7. The standard InChI is InChI=1S/C18H23F2N3O3/c1-3-17(25)22(2)12-16(24)21-13-5-4-10-23(11-13)14-6-8-15(9-7-14)26-18(19)20/h3,6-9,13,18H,1,4-5,10-12H2,2H3,(H,21,24). The third-order valence-electron chi connectivity index (χ3n) is 4.15. The van der Waals surface area contributed by atoms with E-state index in [9.17, 15) is 18.4 Å². The molecule has 142 valence electrons. The first kappa shape index (κ1) is 19.7. The number of anilines is 1. The number of rotatable bonds is 7. The van der Waals surface area contributed by atoms with Crippen LogP contribution in [0.3, 0.4) is 0 Å². The molecule has 6 nitrogen and oxygen atoms in total.